The molecule has 0 radical (unpaired) electrons. The summed E-state index contributed by atoms with van der Waals surface area (Å²) in [6, 6.07) is 29.6. The molecule has 2 atom stereocenters. The smallest absolute Gasteiger partial charge is 0.261 e. The molecular weight excluding hydrogens is 546 g/mol. The summed E-state index contributed by atoms with van der Waals surface area (Å²) in [7, 11) is -4.05. The number of nitrogens with one attached hydrogen (secondary N) is 1. The van der Waals surface area contributed by atoms with Crippen LogP contribution in [0.1, 0.15) is 60.5 Å². The summed E-state index contributed by atoms with van der Waals surface area (Å²) in [6.45, 7) is 15.4. The first-order valence-corrected chi connectivity index (χ1v) is 16.4. The highest BCUT2D eigenvalue weighted by Gasteiger charge is 2.51. The first-order valence-electron chi connectivity index (χ1n) is 12.6. The maximum absolute atomic E-state index is 13.5. The van der Waals surface area contributed by atoms with Crippen molar-refractivity contribution in [2.75, 3.05) is 6.61 Å². The molecular formula is C30H40BrNO2SSi. The van der Waals surface area contributed by atoms with Crippen molar-refractivity contribution >= 4 is 45.6 Å². The van der Waals surface area contributed by atoms with Crippen molar-refractivity contribution in [3.63, 3.8) is 0 Å². The third-order valence-electron chi connectivity index (χ3n) is 6.78. The highest BCUT2D eigenvalue weighted by atomic mass is 79.9. The van der Waals surface area contributed by atoms with Crippen LogP contribution in [0.5, 0.6) is 0 Å². The van der Waals surface area contributed by atoms with Crippen molar-refractivity contribution in [1.82, 2.24) is 4.72 Å². The second-order valence-electron chi connectivity index (χ2n) is 11.4. The van der Waals surface area contributed by atoms with Crippen LogP contribution in [0.3, 0.4) is 0 Å². The number of rotatable bonds is 9. The quantitative estimate of drug-likeness (QED) is 0.284. The van der Waals surface area contributed by atoms with Crippen molar-refractivity contribution in [3.05, 3.63) is 95.0 Å². The molecule has 3 nitrogen and oxygen atoms in total. The van der Waals surface area contributed by atoms with E-state index in [1.54, 1.807) is 0 Å². The monoisotopic (exact) mass is 585 g/mol. The molecule has 0 amide bonds. The van der Waals surface area contributed by atoms with Crippen LogP contribution in [0.4, 0.5) is 0 Å². The fourth-order valence-electron chi connectivity index (χ4n) is 4.66. The molecule has 0 aliphatic carbocycles. The Morgan fingerprint density at radius 1 is 0.833 bits per heavy atom. The van der Waals surface area contributed by atoms with Crippen LogP contribution < -0.4 is 15.1 Å². The van der Waals surface area contributed by atoms with Gasteiger partial charge in [-0.3, -0.25) is 0 Å². The van der Waals surface area contributed by atoms with Gasteiger partial charge in [0.25, 0.3) is 8.32 Å². The van der Waals surface area contributed by atoms with E-state index in [1.165, 1.54) is 10.4 Å². The third kappa shape index (κ3) is 6.11. The summed E-state index contributed by atoms with van der Waals surface area (Å²) >= 11 is 3.65. The molecule has 1 N–H and O–H groups in total. The molecule has 36 heavy (non-hydrogen) atoms. The van der Waals surface area contributed by atoms with Crippen LogP contribution in [0.15, 0.2) is 89.4 Å². The first kappa shape index (κ1) is 29.0. The zero-order valence-corrected chi connectivity index (χ0v) is 26.0. The van der Waals surface area contributed by atoms with Crippen LogP contribution >= 0.6 is 15.9 Å². The standard InChI is InChI=1S/C30H40BrNO2SSi/c1-8-30(32-35(33)28(2,3)4,24-16-15-17-25(31)22-24)23-34-36(29(5,6)7,26-18-11-9-12-19-26)27-20-13-10-14-21-27/h9-22,32H,8,23H2,1-7H3/t30-,35-/m0/s1. The lowest BCUT2D eigenvalue weighted by molar-refractivity contribution is 0.187. The zero-order chi connectivity index (χ0) is 26.6. The lowest BCUT2D eigenvalue weighted by Gasteiger charge is -2.46. The molecule has 0 aromatic heterocycles. The summed E-state index contributed by atoms with van der Waals surface area (Å²) in [6.07, 6.45) is 0.726. The Morgan fingerprint density at radius 3 is 1.78 bits per heavy atom. The van der Waals surface area contributed by atoms with Crippen LogP contribution in [-0.2, 0) is 21.0 Å². The molecule has 0 aliphatic heterocycles. The Hall–Kier alpha value is -1.57. The van der Waals surface area contributed by atoms with Gasteiger partial charge in [0.1, 0.15) is 0 Å². The Morgan fingerprint density at radius 2 is 1.36 bits per heavy atom. The Kier molecular flexibility index (Phi) is 9.21. The molecule has 0 fully saturated rings. The molecule has 3 aromatic rings. The Balaban J connectivity index is 2.20. The van der Waals surface area contributed by atoms with Gasteiger partial charge in [-0.15, -0.1) is 0 Å². The normalized spacial score (nSPS) is 15.3. The van der Waals surface area contributed by atoms with E-state index in [-0.39, 0.29) is 5.04 Å². The van der Waals surface area contributed by atoms with E-state index in [4.69, 9.17) is 4.43 Å². The minimum absolute atomic E-state index is 0.143. The molecule has 194 valence electrons. The minimum atomic E-state index is -2.77. The van der Waals surface area contributed by atoms with Gasteiger partial charge in [-0.25, -0.2) is 8.93 Å². The maximum atomic E-state index is 13.5. The molecule has 3 aromatic carbocycles. The van der Waals surface area contributed by atoms with E-state index in [0.717, 1.165) is 16.5 Å². The lowest BCUT2D eigenvalue weighted by Crippen LogP contribution is -2.68. The number of halogens is 1. The average Bonchev–Trinajstić information content (AvgIpc) is 2.83. The SMILES string of the molecule is CC[C@@](CO[Si](c1ccccc1)(c1ccccc1)C(C)(C)C)(N[S@@](=O)C(C)(C)C)c1cccc(Br)c1. The van der Waals surface area contributed by atoms with Gasteiger partial charge in [0.15, 0.2) is 0 Å². The summed E-state index contributed by atoms with van der Waals surface area (Å²) < 4.78 is 25.0. The summed E-state index contributed by atoms with van der Waals surface area (Å²) in [5, 5.41) is 2.33. The average molecular weight is 587 g/mol. The Bertz CT molecular complexity index is 1120. The molecule has 0 spiro atoms. The summed E-state index contributed by atoms with van der Waals surface area (Å²) in [4.78, 5) is 0. The van der Waals surface area contributed by atoms with Gasteiger partial charge in [0, 0.05) is 4.47 Å². The van der Waals surface area contributed by atoms with Crippen molar-refractivity contribution in [2.24, 2.45) is 0 Å². The lowest BCUT2D eigenvalue weighted by atomic mass is 9.89. The van der Waals surface area contributed by atoms with Gasteiger partial charge in [0.2, 0.25) is 0 Å². The van der Waals surface area contributed by atoms with Crippen LogP contribution in [0, 0.1) is 0 Å². The topological polar surface area (TPSA) is 38.3 Å². The fourth-order valence-corrected chi connectivity index (χ4v) is 10.7. The van der Waals surface area contributed by atoms with Crippen molar-refractivity contribution in [2.45, 2.75) is 70.2 Å². The van der Waals surface area contributed by atoms with Gasteiger partial charge in [0.05, 0.1) is 27.9 Å². The predicted octanol–water partition coefficient (Wildman–Crippen LogP) is 6.68. The van der Waals surface area contributed by atoms with E-state index in [9.17, 15) is 4.21 Å². The van der Waals surface area contributed by atoms with Crippen LogP contribution in [0.2, 0.25) is 5.04 Å². The van der Waals surface area contributed by atoms with E-state index in [0.29, 0.717) is 6.61 Å². The van der Waals surface area contributed by atoms with E-state index >= 15 is 0 Å². The van der Waals surface area contributed by atoms with E-state index in [1.807, 2.05) is 32.9 Å². The summed E-state index contributed by atoms with van der Waals surface area (Å²) in [5.41, 5.74) is 0.435. The van der Waals surface area contributed by atoms with Gasteiger partial charge < -0.3 is 4.43 Å². The third-order valence-corrected chi connectivity index (χ3v) is 13.9. The highest BCUT2D eigenvalue weighted by Crippen LogP contribution is 2.39. The second kappa shape index (κ2) is 11.4. The molecule has 0 aliphatic rings. The van der Waals surface area contributed by atoms with Crippen molar-refractivity contribution in [1.29, 1.82) is 0 Å². The Labute approximate surface area is 229 Å². The number of hydrogen-bond acceptors (Lipinski definition) is 2. The van der Waals surface area contributed by atoms with E-state index in [2.05, 4.69) is 121 Å². The fraction of sp³-hybridized carbons (Fsp3) is 0.400. The minimum Gasteiger partial charge on any atom is -0.405 e. The summed E-state index contributed by atoms with van der Waals surface area (Å²) in [5.74, 6) is 0. The number of benzene rings is 3. The van der Waals surface area contributed by atoms with Crippen LogP contribution in [-0.4, -0.2) is 23.9 Å². The van der Waals surface area contributed by atoms with Crippen molar-refractivity contribution < 1.29 is 8.63 Å². The molecule has 0 bridgehead atoms. The van der Waals surface area contributed by atoms with Gasteiger partial charge in [-0.05, 0) is 60.3 Å². The van der Waals surface area contributed by atoms with Crippen LogP contribution in [0.25, 0.3) is 0 Å². The van der Waals surface area contributed by atoms with Gasteiger partial charge >= 0.3 is 0 Å². The first-order chi connectivity index (χ1) is 16.9. The van der Waals surface area contributed by atoms with Crippen molar-refractivity contribution in [3.8, 4) is 0 Å². The predicted molar refractivity (Wildman–Crippen MR) is 161 cm³/mol. The largest absolute Gasteiger partial charge is 0.405 e. The zero-order valence-electron chi connectivity index (χ0n) is 22.6. The molecule has 6 heteroatoms. The highest BCUT2D eigenvalue weighted by molar-refractivity contribution is 9.10. The maximum Gasteiger partial charge on any atom is 0.261 e. The second-order valence-corrected chi connectivity index (χ2v) is 18.6. The number of hydrogen-bond donors (Lipinski definition) is 1. The molecule has 0 heterocycles. The molecule has 0 saturated heterocycles. The van der Waals surface area contributed by atoms with Gasteiger partial charge in [-0.1, -0.05) is 116 Å². The van der Waals surface area contributed by atoms with Gasteiger partial charge in [-0.2, -0.15) is 0 Å². The molecule has 0 unspecified atom stereocenters. The molecule has 3 rings (SSSR count). The molecule has 0 saturated carbocycles. The van der Waals surface area contributed by atoms with E-state index < -0.39 is 29.6 Å².